The molecule has 0 aromatic rings. The minimum absolute atomic E-state index is 0.0644. The van der Waals surface area contributed by atoms with Gasteiger partial charge in [0.15, 0.2) is 6.10 Å². The minimum Gasteiger partial charge on any atom is -0.462 e. The van der Waals surface area contributed by atoms with Crippen LogP contribution in [0.4, 0.5) is 0 Å². The second kappa shape index (κ2) is 43.5. The maximum atomic E-state index is 12.7. The molecule has 326 valence electrons. The molecule has 0 rings (SSSR count). The average Bonchev–Trinajstić information content (AvgIpc) is 3.17. The van der Waals surface area contributed by atoms with Crippen molar-refractivity contribution in [2.75, 3.05) is 13.2 Å². The molecule has 0 saturated carbocycles. The predicted octanol–water partition coefficient (Wildman–Crippen LogP) is 15.5. The predicted molar refractivity (Wildman–Crippen MR) is 233 cm³/mol. The molecule has 0 aliphatic carbocycles. The van der Waals surface area contributed by atoms with E-state index in [0.717, 1.165) is 63.7 Å². The Kier molecular flexibility index (Phi) is 42.3. The molecule has 0 aromatic carbocycles. The summed E-state index contributed by atoms with van der Waals surface area (Å²) < 4.78 is 16.7. The molecule has 6 nitrogen and oxygen atoms in total. The highest BCUT2D eigenvalue weighted by molar-refractivity contribution is 5.71. The van der Waals surface area contributed by atoms with Gasteiger partial charge in [0.05, 0.1) is 0 Å². The summed E-state index contributed by atoms with van der Waals surface area (Å²) in [4.78, 5) is 37.7. The number of carbonyl (C=O) groups excluding carboxylic acids is 3. The number of hydrogen-bond acceptors (Lipinski definition) is 6. The molecule has 0 fully saturated rings. The van der Waals surface area contributed by atoms with E-state index in [1.807, 2.05) is 0 Å². The summed E-state index contributed by atoms with van der Waals surface area (Å²) in [6.45, 7) is 8.93. The molecule has 0 aliphatic rings. The van der Waals surface area contributed by atoms with Gasteiger partial charge < -0.3 is 14.2 Å². The summed E-state index contributed by atoms with van der Waals surface area (Å²) in [7, 11) is 0. The highest BCUT2D eigenvalue weighted by atomic mass is 16.6. The van der Waals surface area contributed by atoms with Crippen LogP contribution in [0.3, 0.4) is 0 Å². The van der Waals surface area contributed by atoms with E-state index in [1.54, 1.807) is 0 Å². The van der Waals surface area contributed by atoms with Crippen molar-refractivity contribution in [1.29, 1.82) is 0 Å². The number of esters is 3. The smallest absolute Gasteiger partial charge is 0.306 e. The quantitative estimate of drug-likeness (QED) is 0.0348. The van der Waals surface area contributed by atoms with Gasteiger partial charge in [0.2, 0.25) is 0 Å². The van der Waals surface area contributed by atoms with Gasteiger partial charge in [-0.15, -0.1) is 0 Å². The van der Waals surface area contributed by atoms with E-state index in [-0.39, 0.29) is 31.1 Å². The van der Waals surface area contributed by atoms with Crippen LogP contribution in [0.25, 0.3) is 0 Å². The third-order valence-electron chi connectivity index (χ3n) is 11.0. The Labute approximate surface area is 342 Å². The standard InChI is InChI=1S/C49H94O6/c1-5-7-9-11-13-15-17-18-19-20-21-22-23-24-26-28-34-38-42-49(52)55-46(44-54-48(51)41-37-33-30-29-31-35-39-45(3)4)43-53-47(50)40-36-32-27-25-16-14-12-10-8-6-2/h45-46H,5-44H2,1-4H3/t46-/m0/s1. The van der Waals surface area contributed by atoms with Gasteiger partial charge in [-0.25, -0.2) is 0 Å². The summed E-state index contributed by atoms with van der Waals surface area (Å²) in [5.41, 5.74) is 0. The highest BCUT2D eigenvalue weighted by Gasteiger charge is 2.19. The van der Waals surface area contributed by atoms with Crippen LogP contribution < -0.4 is 0 Å². The van der Waals surface area contributed by atoms with E-state index in [1.165, 1.54) is 167 Å². The molecule has 6 heteroatoms. The molecule has 0 amide bonds. The zero-order chi connectivity index (χ0) is 40.3. The largest absolute Gasteiger partial charge is 0.462 e. The maximum Gasteiger partial charge on any atom is 0.306 e. The van der Waals surface area contributed by atoms with E-state index < -0.39 is 6.10 Å². The summed E-state index contributed by atoms with van der Waals surface area (Å²) in [5.74, 6) is -0.0925. The van der Waals surface area contributed by atoms with Gasteiger partial charge >= 0.3 is 17.9 Å². The number of hydrogen-bond donors (Lipinski definition) is 0. The molecule has 0 unspecified atom stereocenters. The van der Waals surface area contributed by atoms with Gasteiger partial charge in [0, 0.05) is 19.3 Å². The molecular formula is C49H94O6. The number of unbranched alkanes of at least 4 members (excludes halogenated alkanes) is 31. The lowest BCUT2D eigenvalue weighted by Crippen LogP contribution is -2.30. The van der Waals surface area contributed by atoms with Crippen LogP contribution in [0.15, 0.2) is 0 Å². The molecule has 0 N–H and O–H groups in total. The van der Waals surface area contributed by atoms with Gasteiger partial charge in [0.25, 0.3) is 0 Å². The SMILES string of the molecule is CCCCCCCCCCCCCCCCCCCCC(=O)O[C@@H](COC(=O)CCCCCCCCCCCC)COC(=O)CCCCCCCCC(C)C. The fourth-order valence-corrected chi connectivity index (χ4v) is 7.33. The van der Waals surface area contributed by atoms with Crippen LogP contribution in [-0.4, -0.2) is 37.2 Å². The zero-order valence-corrected chi connectivity index (χ0v) is 37.4. The Morgan fingerprint density at radius 1 is 0.345 bits per heavy atom. The maximum absolute atomic E-state index is 12.7. The Bertz CT molecular complexity index is 826. The molecular weight excluding hydrogens is 685 g/mol. The van der Waals surface area contributed by atoms with Gasteiger partial charge in [-0.3, -0.25) is 14.4 Å². The van der Waals surface area contributed by atoms with Crippen LogP contribution in [0.1, 0.15) is 272 Å². The van der Waals surface area contributed by atoms with Crippen molar-refractivity contribution in [2.24, 2.45) is 5.92 Å². The third-order valence-corrected chi connectivity index (χ3v) is 11.0. The minimum atomic E-state index is -0.760. The summed E-state index contributed by atoms with van der Waals surface area (Å²) in [6.07, 6.45) is 43.9. The first-order chi connectivity index (χ1) is 26.9. The molecule has 0 heterocycles. The number of ether oxygens (including phenoxy) is 3. The summed E-state index contributed by atoms with van der Waals surface area (Å²) in [6, 6.07) is 0. The summed E-state index contributed by atoms with van der Waals surface area (Å²) in [5, 5.41) is 0. The lowest BCUT2D eigenvalue weighted by Gasteiger charge is -2.18. The van der Waals surface area contributed by atoms with Gasteiger partial charge in [-0.1, -0.05) is 233 Å². The Morgan fingerprint density at radius 2 is 0.600 bits per heavy atom. The van der Waals surface area contributed by atoms with Crippen LogP contribution in [0.5, 0.6) is 0 Å². The lowest BCUT2D eigenvalue weighted by atomic mass is 10.0. The highest BCUT2D eigenvalue weighted by Crippen LogP contribution is 2.17. The fraction of sp³-hybridized carbons (Fsp3) is 0.939. The molecule has 0 spiro atoms. The van der Waals surface area contributed by atoms with Crippen molar-refractivity contribution in [3.63, 3.8) is 0 Å². The van der Waals surface area contributed by atoms with Crippen molar-refractivity contribution in [2.45, 2.75) is 278 Å². The van der Waals surface area contributed by atoms with Crippen molar-refractivity contribution in [3.8, 4) is 0 Å². The van der Waals surface area contributed by atoms with Gasteiger partial charge in [-0.2, -0.15) is 0 Å². The van der Waals surface area contributed by atoms with Crippen LogP contribution in [-0.2, 0) is 28.6 Å². The summed E-state index contributed by atoms with van der Waals surface area (Å²) >= 11 is 0. The molecule has 0 aromatic heterocycles. The molecule has 0 radical (unpaired) electrons. The number of rotatable bonds is 44. The van der Waals surface area contributed by atoms with Gasteiger partial charge in [-0.05, 0) is 25.2 Å². The van der Waals surface area contributed by atoms with Crippen molar-refractivity contribution in [1.82, 2.24) is 0 Å². The van der Waals surface area contributed by atoms with Gasteiger partial charge in [0.1, 0.15) is 13.2 Å². The first-order valence-corrected chi connectivity index (χ1v) is 24.4. The van der Waals surface area contributed by atoms with E-state index in [9.17, 15) is 14.4 Å². The fourth-order valence-electron chi connectivity index (χ4n) is 7.33. The van der Waals surface area contributed by atoms with Crippen molar-refractivity contribution >= 4 is 17.9 Å². The van der Waals surface area contributed by atoms with E-state index in [2.05, 4.69) is 27.7 Å². The molecule has 1 atom stereocenters. The molecule has 0 bridgehead atoms. The monoisotopic (exact) mass is 779 g/mol. The van der Waals surface area contributed by atoms with E-state index >= 15 is 0 Å². The lowest BCUT2D eigenvalue weighted by molar-refractivity contribution is -0.167. The normalized spacial score (nSPS) is 11.9. The topological polar surface area (TPSA) is 78.9 Å². The third kappa shape index (κ3) is 43.4. The van der Waals surface area contributed by atoms with E-state index in [4.69, 9.17) is 14.2 Å². The Morgan fingerprint density at radius 3 is 0.891 bits per heavy atom. The van der Waals surface area contributed by atoms with E-state index in [0.29, 0.717) is 19.3 Å². The Hall–Kier alpha value is -1.59. The second-order valence-electron chi connectivity index (χ2n) is 17.2. The first kappa shape index (κ1) is 53.4. The first-order valence-electron chi connectivity index (χ1n) is 24.4. The van der Waals surface area contributed by atoms with Crippen LogP contribution >= 0.6 is 0 Å². The number of carbonyl (C=O) groups is 3. The molecule has 55 heavy (non-hydrogen) atoms. The molecule has 0 aliphatic heterocycles. The second-order valence-corrected chi connectivity index (χ2v) is 17.2. The average molecular weight is 779 g/mol. The Balaban J connectivity index is 4.24. The van der Waals surface area contributed by atoms with Crippen LogP contribution in [0, 0.1) is 5.92 Å². The van der Waals surface area contributed by atoms with Crippen molar-refractivity contribution < 1.29 is 28.6 Å². The zero-order valence-electron chi connectivity index (χ0n) is 37.4. The van der Waals surface area contributed by atoms with Crippen molar-refractivity contribution in [3.05, 3.63) is 0 Å². The molecule has 0 saturated heterocycles. The van der Waals surface area contributed by atoms with Crippen LogP contribution in [0.2, 0.25) is 0 Å².